The Hall–Kier alpha value is -2.67. The smallest absolute Gasteiger partial charge is 0.231 e. The topological polar surface area (TPSA) is 69.3 Å². The number of ether oxygens (including phenoxy) is 3. The maximum absolute atomic E-state index is 5.49. The molecule has 2 heterocycles. The van der Waals surface area contributed by atoms with E-state index in [1.807, 2.05) is 36.6 Å². The molecule has 1 aliphatic rings. The first-order valence-corrected chi connectivity index (χ1v) is 8.48. The van der Waals surface area contributed by atoms with Crippen LogP contribution < -0.4 is 14.2 Å². The fraction of sp³-hybridized carbons (Fsp3) is 0.176. The number of hydrogen-bond acceptors (Lipinski definition) is 6. The average Bonchev–Trinajstić information content (AvgIpc) is 3.29. The Morgan fingerprint density at radius 3 is 2.92 bits per heavy atom. The SMILES string of the molecule is COc1cc(-c2nn[nH]c2-c2c[c]c(SC)cc2)cc2c1OCO2. The van der Waals surface area contributed by atoms with Crippen molar-refractivity contribution in [2.24, 2.45) is 0 Å². The van der Waals surface area contributed by atoms with Crippen molar-refractivity contribution < 1.29 is 14.2 Å². The Morgan fingerprint density at radius 1 is 1.25 bits per heavy atom. The second-order valence-corrected chi connectivity index (χ2v) is 5.94. The molecule has 0 saturated carbocycles. The van der Waals surface area contributed by atoms with Gasteiger partial charge in [0, 0.05) is 16.0 Å². The van der Waals surface area contributed by atoms with Crippen LogP contribution in [0, 0.1) is 6.07 Å². The third-order valence-electron chi connectivity index (χ3n) is 3.77. The lowest BCUT2D eigenvalue weighted by Gasteiger charge is -2.08. The summed E-state index contributed by atoms with van der Waals surface area (Å²) in [6.45, 7) is 0.186. The molecule has 0 spiro atoms. The summed E-state index contributed by atoms with van der Waals surface area (Å²) in [6.07, 6.45) is 2.02. The van der Waals surface area contributed by atoms with Crippen LogP contribution >= 0.6 is 11.8 Å². The second-order valence-electron chi connectivity index (χ2n) is 5.09. The number of nitrogens with one attached hydrogen (secondary N) is 1. The molecule has 0 saturated heterocycles. The van der Waals surface area contributed by atoms with Crippen LogP contribution in [0.2, 0.25) is 0 Å². The largest absolute Gasteiger partial charge is 0.493 e. The lowest BCUT2D eigenvalue weighted by atomic mass is 10.0. The van der Waals surface area contributed by atoms with Gasteiger partial charge in [-0.3, -0.25) is 5.10 Å². The van der Waals surface area contributed by atoms with Gasteiger partial charge in [-0.05, 0) is 36.6 Å². The Kier molecular flexibility index (Phi) is 3.78. The molecule has 0 aliphatic carbocycles. The number of benzene rings is 2. The fourth-order valence-corrected chi connectivity index (χ4v) is 2.97. The second kappa shape index (κ2) is 6.09. The van der Waals surface area contributed by atoms with Crippen LogP contribution in [0.4, 0.5) is 0 Å². The van der Waals surface area contributed by atoms with Crippen LogP contribution in [0.15, 0.2) is 35.2 Å². The van der Waals surface area contributed by atoms with Crippen LogP contribution in [0.25, 0.3) is 22.5 Å². The summed E-state index contributed by atoms with van der Waals surface area (Å²) in [5, 5.41) is 11.2. The van der Waals surface area contributed by atoms with Gasteiger partial charge in [0.25, 0.3) is 0 Å². The zero-order valence-corrected chi connectivity index (χ0v) is 13.9. The van der Waals surface area contributed by atoms with E-state index in [0.717, 1.165) is 27.4 Å². The van der Waals surface area contributed by atoms with Crippen molar-refractivity contribution in [3.63, 3.8) is 0 Å². The molecule has 121 valence electrons. The fourth-order valence-electron chi connectivity index (χ4n) is 2.59. The monoisotopic (exact) mass is 340 g/mol. The number of fused-ring (bicyclic) bond motifs is 1. The minimum Gasteiger partial charge on any atom is -0.493 e. The molecule has 1 radical (unpaired) electrons. The molecule has 0 unspecified atom stereocenters. The van der Waals surface area contributed by atoms with E-state index in [0.29, 0.717) is 17.2 Å². The number of H-pyrrole nitrogens is 1. The van der Waals surface area contributed by atoms with E-state index in [9.17, 15) is 0 Å². The van der Waals surface area contributed by atoms with E-state index in [1.54, 1.807) is 18.9 Å². The summed E-state index contributed by atoms with van der Waals surface area (Å²) in [4.78, 5) is 1.08. The zero-order chi connectivity index (χ0) is 16.5. The van der Waals surface area contributed by atoms with Crippen molar-refractivity contribution >= 4 is 11.8 Å². The molecule has 4 rings (SSSR count). The van der Waals surface area contributed by atoms with Crippen LogP contribution in [0.3, 0.4) is 0 Å². The predicted octanol–water partition coefficient (Wildman–Crippen LogP) is 3.40. The number of aromatic nitrogens is 3. The molecular weight excluding hydrogens is 326 g/mol. The number of nitrogens with zero attached hydrogens (tertiary/aromatic N) is 2. The predicted molar refractivity (Wildman–Crippen MR) is 90.5 cm³/mol. The molecule has 0 fully saturated rings. The molecule has 1 aliphatic heterocycles. The summed E-state index contributed by atoms with van der Waals surface area (Å²) < 4.78 is 16.3. The van der Waals surface area contributed by atoms with E-state index in [2.05, 4.69) is 21.5 Å². The molecule has 6 nitrogen and oxygen atoms in total. The van der Waals surface area contributed by atoms with Gasteiger partial charge in [-0.25, -0.2) is 0 Å². The van der Waals surface area contributed by atoms with Crippen molar-refractivity contribution in [1.29, 1.82) is 0 Å². The van der Waals surface area contributed by atoms with Crippen LogP contribution in [-0.2, 0) is 0 Å². The molecule has 1 aromatic heterocycles. The molecule has 0 atom stereocenters. The van der Waals surface area contributed by atoms with Crippen LogP contribution in [-0.4, -0.2) is 35.6 Å². The molecule has 1 N–H and O–H groups in total. The van der Waals surface area contributed by atoms with Gasteiger partial charge in [-0.2, -0.15) is 0 Å². The van der Waals surface area contributed by atoms with E-state index in [-0.39, 0.29) is 6.79 Å². The summed E-state index contributed by atoms with van der Waals surface area (Å²) in [5.41, 5.74) is 3.34. The molecule has 7 heteroatoms. The Morgan fingerprint density at radius 2 is 2.17 bits per heavy atom. The highest BCUT2D eigenvalue weighted by atomic mass is 32.2. The van der Waals surface area contributed by atoms with Gasteiger partial charge in [0.1, 0.15) is 5.69 Å². The maximum Gasteiger partial charge on any atom is 0.231 e. The first-order valence-electron chi connectivity index (χ1n) is 7.25. The van der Waals surface area contributed by atoms with Gasteiger partial charge in [-0.1, -0.05) is 11.3 Å². The molecule has 3 aromatic rings. The summed E-state index contributed by atoms with van der Waals surface area (Å²) >= 11 is 1.65. The maximum atomic E-state index is 5.49. The number of methoxy groups -OCH3 is 1. The molecule has 24 heavy (non-hydrogen) atoms. The number of thioether (sulfide) groups is 1. The lowest BCUT2D eigenvalue weighted by molar-refractivity contribution is 0.171. The van der Waals surface area contributed by atoms with Crippen molar-refractivity contribution in [3.8, 4) is 39.8 Å². The molecule has 2 aromatic carbocycles. The normalized spacial score (nSPS) is 12.4. The Labute approximate surface area is 143 Å². The van der Waals surface area contributed by atoms with Crippen LogP contribution in [0.1, 0.15) is 0 Å². The molecule has 0 bridgehead atoms. The van der Waals surface area contributed by atoms with E-state index < -0.39 is 0 Å². The van der Waals surface area contributed by atoms with E-state index >= 15 is 0 Å². The standard InChI is InChI=1S/C17H14N3O3S/c1-21-13-7-11(8-14-17(13)23-9-22-14)16-15(18-20-19-16)10-3-5-12(24-2)6-4-10/h3-5,7-8H,9H2,1-2H3,(H,18,19,20). The van der Waals surface area contributed by atoms with Gasteiger partial charge < -0.3 is 14.2 Å². The first-order chi connectivity index (χ1) is 11.8. The zero-order valence-electron chi connectivity index (χ0n) is 13.1. The summed E-state index contributed by atoms with van der Waals surface area (Å²) in [5.74, 6) is 1.87. The average molecular weight is 340 g/mol. The quantitative estimate of drug-likeness (QED) is 0.734. The highest BCUT2D eigenvalue weighted by molar-refractivity contribution is 7.98. The van der Waals surface area contributed by atoms with E-state index in [4.69, 9.17) is 14.2 Å². The van der Waals surface area contributed by atoms with Gasteiger partial charge in [0.15, 0.2) is 11.5 Å². The Bertz CT molecular complexity index is 877. The highest BCUT2D eigenvalue weighted by Gasteiger charge is 2.23. The third kappa shape index (κ3) is 2.46. The van der Waals surface area contributed by atoms with Crippen molar-refractivity contribution in [3.05, 3.63) is 36.4 Å². The summed E-state index contributed by atoms with van der Waals surface area (Å²) in [7, 11) is 1.60. The third-order valence-corrected chi connectivity index (χ3v) is 4.47. The first kappa shape index (κ1) is 14.9. The van der Waals surface area contributed by atoms with Crippen molar-refractivity contribution in [1.82, 2.24) is 15.4 Å². The van der Waals surface area contributed by atoms with Crippen LogP contribution in [0.5, 0.6) is 17.2 Å². The number of aromatic amines is 1. The van der Waals surface area contributed by atoms with Gasteiger partial charge in [0.05, 0.1) is 12.8 Å². The lowest BCUT2D eigenvalue weighted by Crippen LogP contribution is -1.93. The Balaban J connectivity index is 1.80. The highest BCUT2D eigenvalue weighted by Crippen LogP contribution is 2.44. The minimum absolute atomic E-state index is 0.186. The minimum atomic E-state index is 0.186. The summed E-state index contributed by atoms with van der Waals surface area (Å²) in [6, 6.07) is 13.0. The van der Waals surface area contributed by atoms with Crippen molar-refractivity contribution in [2.75, 3.05) is 20.2 Å². The number of hydrogen-bond donors (Lipinski definition) is 1. The van der Waals surface area contributed by atoms with Crippen molar-refractivity contribution in [2.45, 2.75) is 4.90 Å². The molecular formula is C17H14N3O3S. The molecule has 0 amide bonds. The van der Waals surface area contributed by atoms with E-state index in [1.165, 1.54) is 0 Å². The van der Waals surface area contributed by atoms with Gasteiger partial charge >= 0.3 is 0 Å². The van der Waals surface area contributed by atoms with Gasteiger partial charge in [0.2, 0.25) is 12.5 Å². The van der Waals surface area contributed by atoms with Gasteiger partial charge in [-0.15, -0.1) is 16.9 Å². The number of rotatable bonds is 4.